The largest absolute Gasteiger partial charge is 1.00 e. The molecule has 110 valence electrons. The summed E-state index contributed by atoms with van der Waals surface area (Å²) in [7, 11) is 0. The number of benzene rings is 2. The Morgan fingerprint density at radius 3 is 2.19 bits per heavy atom. The first-order chi connectivity index (χ1) is 9.77. The highest BCUT2D eigenvalue weighted by atomic mass is 35.5. The Bertz CT molecular complexity index is 574. The second-order valence-corrected chi connectivity index (χ2v) is 4.69. The average molecular weight is 301 g/mol. The van der Waals surface area contributed by atoms with Crippen LogP contribution in [0.2, 0.25) is 0 Å². The molecule has 0 radical (unpaired) electrons. The third-order valence-electron chi connectivity index (χ3n) is 3.13. The monoisotopic (exact) mass is 300 g/mol. The Kier molecular flexibility index (Phi) is 7.56. The van der Waals surface area contributed by atoms with Crippen LogP contribution in [0.1, 0.15) is 24.2 Å². The molecule has 0 spiro atoms. The minimum Gasteiger partial charge on any atom is -1.00 e. The summed E-state index contributed by atoms with van der Waals surface area (Å²) in [6.07, 6.45) is -0.519. The van der Waals surface area contributed by atoms with Crippen molar-refractivity contribution in [2.45, 2.75) is 19.1 Å². The summed E-state index contributed by atoms with van der Waals surface area (Å²) in [5.74, 6) is 6.15. The van der Waals surface area contributed by atoms with E-state index in [-0.39, 0.29) is 18.4 Å². The van der Waals surface area contributed by atoms with Crippen LogP contribution in [0.15, 0.2) is 60.7 Å². The van der Waals surface area contributed by atoms with Crippen molar-refractivity contribution < 1.29 is 17.5 Å². The first kappa shape index (κ1) is 17.3. The maximum atomic E-state index is 10.2. The van der Waals surface area contributed by atoms with Crippen molar-refractivity contribution in [1.82, 2.24) is 5.32 Å². The third-order valence-corrected chi connectivity index (χ3v) is 3.13. The predicted molar refractivity (Wildman–Crippen MR) is 82.2 cm³/mol. The minimum absolute atomic E-state index is 0. The molecule has 0 aliphatic heterocycles. The molecule has 0 saturated carbocycles. The maximum Gasteiger partial charge on any atom is 0.0940 e. The third kappa shape index (κ3) is 5.61. The molecule has 0 aliphatic rings. The van der Waals surface area contributed by atoms with Crippen LogP contribution in [0.5, 0.6) is 0 Å². The van der Waals surface area contributed by atoms with E-state index < -0.39 is 6.10 Å². The fraction of sp³-hybridized carbons (Fsp3) is 0.222. The lowest BCUT2D eigenvalue weighted by molar-refractivity contribution is -0.00000547. The number of halogens is 1. The van der Waals surface area contributed by atoms with Crippen LogP contribution in [0.3, 0.4) is 0 Å². The average Bonchev–Trinajstić information content (AvgIpc) is 2.52. The Labute approximate surface area is 132 Å². The van der Waals surface area contributed by atoms with Gasteiger partial charge in [-0.05, 0) is 24.6 Å². The van der Waals surface area contributed by atoms with Crippen molar-refractivity contribution >= 4 is 0 Å². The van der Waals surface area contributed by atoms with Gasteiger partial charge >= 0.3 is 0 Å². The van der Waals surface area contributed by atoms with Gasteiger partial charge in [0.2, 0.25) is 0 Å². The van der Waals surface area contributed by atoms with E-state index in [0.29, 0.717) is 6.54 Å². The highest BCUT2D eigenvalue weighted by Gasteiger charge is 2.14. The van der Waals surface area contributed by atoms with E-state index >= 15 is 0 Å². The smallest absolute Gasteiger partial charge is 0.0940 e. The Hall–Kier alpha value is -1.79. The van der Waals surface area contributed by atoms with Gasteiger partial charge in [0.15, 0.2) is 0 Å². The van der Waals surface area contributed by atoms with E-state index in [4.69, 9.17) is 0 Å². The first-order valence-corrected chi connectivity index (χ1v) is 6.77. The number of hydrogen-bond donors (Lipinski definition) is 2. The fourth-order valence-corrected chi connectivity index (χ4v) is 1.93. The van der Waals surface area contributed by atoms with Crippen LogP contribution >= 0.6 is 0 Å². The summed E-state index contributed by atoms with van der Waals surface area (Å²) in [5.41, 5.74) is 1.93. The summed E-state index contributed by atoms with van der Waals surface area (Å²) in [5, 5.41) is 13.4. The lowest BCUT2D eigenvalue weighted by Crippen LogP contribution is -3.00. The SMILES string of the molecule is CC(NCC#Cc1ccccc1)C(O)c1ccccc1.[Cl-]. The van der Waals surface area contributed by atoms with Crippen LogP contribution in [-0.4, -0.2) is 17.7 Å². The molecule has 2 atom stereocenters. The van der Waals surface area contributed by atoms with E-state index in [9.17, 15) is 5.11 Å². The lowest BCUT2D eigenvalue weighted by atomic mass is 10.0. The molecule has 0 aliphatic carbocycles. The van der Waals surface area contributed by atoms with Crippen LogP contribution in [0, 0.1) is 11.8 Å². The van der Waals surface area contributed by atoms with Crippen molar-refractivity contribution in [1.29, 1.82) is 0 Å². The quantitative estimate of drug-likeness (QED) is 0.764. The molecule has 2 nitrogen and oxygen atoms in total. The van der Waals surface area contributed by atoms with Gasteiger partial charge in [-0.2, -0.15) is 0 Å². The van der Waals surface area contributed by atoms with E-state index in [1.165, 1.54) is 0 Å². The summed E-state index contributed by atoms with van der Waals surface area (Å²) in [6.45, 7) is 2.52. The van der Waals surface area contributed by atoms with Crippen molar-refractivity contribution in [3.05, 3.63) is 71.8 Å². The summed E-state index contributed by atoms with van der Waals surface area (Å²) in [6, 6.07) is 19.5. The molecule has 3 heteroatoms. The van der Waals surface area contributed by atoms with E-state index in [0.717, 1.165) is 11.1 Å². The van der Waals surface area contributed by atoms with Gasteiger partial charge in [-0.1, -0.05) is 60.4 Å². The normalized spacial score (nSPS) is 12.5. The molecule has 0 bridgehead atoms. The summed E-state index contributed by atoms with van der Waals surface area (Å²) >= 11 is 0. The number of rotatable bonds is 4. The molecule has 0 amide bonds. The van der Waals surface area contributed by atoms with Crippen LogP contribution in [0.25, 0.3) is 0 Å². The summed E-state index contributed by atoms with van der Waals surface area (Å²) in [4.78, 5) is 0. The molecule has 2 unspecified atom stereocenters. The first-order valence-electron chi connectivity index (χ1n) is 6.77. The van der Waals surface area contributed by atoms with Gasteiger partial charge in [0.25, 0.3) is 0 Å². The van der Waals surface area contributed by atoms with Crippen LogP contribution in [-0.2, 0) is 0 Å². The molecule has 2 aromatic carbocycles. The maximum absolute atomic E-state index is 10.2. The second kappa shape index (κ2) is 9.20. The number of hydrogen-bond acceptors (Lipinski definition) is 2. The molecule has 0 heterocycles. The van der Waals surface area contributed by atoms with Gasteiger partial charge in [0.05, 0.1) is 12.6 Å². The highest BCUT2D eigenvalue weighted by Crippen LogP contribution is 2.15. The highest BCUT2D eigenvalue weighted by molar-refractivity contribution is 5.33. The predicted octanol–water partition coefficient (Wildman–Crippen LogP) is -0.246. The molecule has 2 aromatic rings. The van der Waals surface area contributed by atoms with Gasteiger partial charge in [-0.3, -0.25) is 0 Å². The van der Waals surface area contributed by atoms with Gasteiger partial charge < -0.3 is 22.8 Å². The molecule has 2 N–H and O–H groups in total. The van der Waals surface area contributed by atoms with Gasteiger partial charge in [0, 0.05) is 11.6 Å². The van der Waals surface area contributed by atoms with E-state index in [1.807, 2.05) is 67.6 Å². The molecule has 0 fully saturated rings. The standard InChI is InChI=1S/C18H19NO.ClH/c1-15(18(20)17-12-6-3-7-13-17)19-14-8-11-16-9-4-2-5-10-16;/h2-7,9-10,12-13,15,18-20H,14H2,1H3;1H/p-1. The van der Waals surface area contributed by atoms with Gasteiger partial charge in [-0.25, -0.2) is 0 Å². The second-order valence-electron chi connectivity index (χ2n) is 4.69. The topological polar surface area (TPSA) is 32.3 Å². The zero-order valence-electron chi connectivity index (χ0n) is 12.0. The number of nitrogens with one attached hydrogen (secondary N) is 1. The zero-order chi connectivity index (χ0) is 14.2. The summed E-state index contributed by atoms with van der Waals surface area (Å²) < 4.78 is 0. The molecular weight excluding hydrogens is 282 g/mol. The fourth-order valence-electron chi connectivity index (χ4n) is 1.93. The van der Waals surface area contributed by atoms with Crippen molar-refractivity contribution in [2.75, 3.05) is 6.54 Å². The van der Waals surface area contributed by atoms with Crippen molar-refractivity contribution in [3.8, 4) is 11.8 Å². The zero-order valence-corrected chi connectivity index (χ0v) is 12.7. The van der Waals surface area contributed by atoms with Crippen molar-refractivity contribution in [2.24, 2.45) is 0 Å². The molecule has 21 heavy (non-hydrogen) atoms. The van der Waals surface area contributed by atoms with Gasteiger partial charge in [-0.15, -0.1) is 0 Å². The molecular formula is C18H19ClNO-. The Balaban J connectivity index is 0.00000220. The number of aliphatic hydroxyl groups excluding tert-OH is 1. The number of aliphatic hydroxyl groups is 1. The molecule has 2 rings (SSSR count). The van der Waals surface area contributed by atoms with Crippen LogP contribution < -0.4 is 17.7 Å². The van der Waals surface area contributed by atoms with E-state index in [1.54, 1.807) is 0 Å². The van der Waals surface area contributed by atoms with E-state index in [2.05, 4.69) is 17.2 Å². The Morgan fingerprint density at radius 2 is 1.57 bits per heavy atom. The van der Waals surface area contributed by atoms with Crippen LogP contribution in [0.4, 0.5) is 0 Å². The minimum atomic E-state index is -0.519. The van der Waals surface area contributed by atoms with Gasteiger partial charge in [0.1, 0.15) is 0 Å². The molecule has 0 aromatic heterocycles. The Morgan fingerprint density at radius 1 is 1.00 bits per heavy atom. The van der Waals surface area contributed by atoms with Crippen molar-refractivity contribution in [3.63, 3.8) is 0 Å². The lowest BCUT2D eigenvalue weighted by Gasteiger charge is -2.19. The molecule has 0 saturated heterocycles.